The molecule has 0 radical (unpaired) electrons. The van der Waals surface area contributed by atoms with Crippen LogP contribution in [0.25, 0.3) is 0 Å². The SMILES string of the molecule is OCCc1cc(COCc2ccccc2)no1. The maximum Gasteiger partial charge on any atom is 0.139 e. The van der Waals surface area contributed by atoms with Gasteiger partial charge in [-0.15, -0.1) is 0 Å². The number of aromatic nitrogens is 1. The van der Waals surface area contributed by atoms with Gasteiger partial charge < -0.3 is 14.4 Å². The highest BCUT2D eigenvalue weighted by Crippen LogP contribution is 2.07. The third-order valence-corrected chi connectivity index (χ3v) is 2.33. The number of aliphatic hydroxyl groups excluding tert-OH is 1. The minimum Gasteiger partial charge on any atom is -0.396 e. The number of aliphatic hydroxyl groups is 1. The van der Waals surface area contributed by atoms with Gasteiger partial charge in [-0.2, -0.15) is 0 Å². The Bertz CT molecular complexity index is 439. The minimum absolute atomic E-state index is 0.0690. The summed E-state index contributed by atoms with van der Waals surface area (Å²) in [5, 5.41) is 12.6. The van der Waals surface area contributed by atoms with Crippen molar-refractivity contribution in [2.45, 2.75) is 19.6 Å². The molecule has 17 heavy (non-hydrogen) atoms. The molecule has 1 N–H and O–H groups in total. The molecule has 0 aliphatic rings. The Kier molecular flexibility index (Phi) is 4.30. The van der Waals surface area contributed by atoms with E-state index in [4.69, 9.17) is 14.4 Å². The van der Waals surface area contributed by atoms with Gasteiger partial charge in [0, 0.05) is 12.5 Å². The number of rotatable bonds is 6. The van der Waals surface area contributed by atoms with E-state index in [9.17, 15) is 0 Å². The molecule has 0 saturated carbocycles. The van der Waals surface area contributed by atoms with Crippen molar-refractivity contribution in [2.24, 2.45) is 0 Å². The second-order valence-electron chi connectivity index (χ2n) is 3.74. The molecule has 0 unspecified atom stereocenters. The van der Waals surface area contributed by atoms with Crippen LogP contribution in [-0.4, -0.2) is 16.9 Å². The Hall–Kier alpha value is -1.65. The highest BCUT2D eigenvalue weighted by atomic mass is 16.5. The molecule has 0 amide bonds. The quantitative estimate of drug-likeness (QED) is 0.828. The van der Waals surface area contributed by atoms with Gasteiger partial charge >= 0.3 is 0 Å². The number of hydrogen-bond acceptors (Lipinski definition) is 4. The van der Waals surface area contributed by atoms with Crippen LogP contribution in [0.2, 0.25) is 0 Å². The van der Waals surface area contributed by atoms with Crippen molar-refractivity contribution in [3.8, 4) is 0 Å². The smallest absolute Gasteiger partial charge is 0.139 e. The Labute approximate surface area is 99.8 Å². The monoisotopic (exact) mass is 233 g/mol. The van der Waals surface area contributed by atoms with Gasteiger partial charge in [0.1, 0.15) is 11.5 Å². The summed E-state index contributed by atoms with van der Waals surface area (Å²) in [6, 6.07) is 11.8. The van der Waals surface area contributed by atoms with Crippen LogP contribution >= 0.6 is 0 Å². The Morgan fingerprint density at radius 2 is 2.00 bits per heavy atom. The first kappa shape index (κ1) is 11.8. The van der Waals surface area contributed by atoms with Gasteiger partial charge in [0.25, 0.3) is 0 Å². The molecule has 0 bridgehead atoms. The van der Waals surface area contributed by atoms with Gasteiger partial charge in [-0.1, -0.05) is 35.5 Å². The Balaban J connectivity index is 1.78. The summed E-state index contributed by atoms with van der Waals surface area (Å²) in [7, 11) is 0. The van der Waals surface area contributed by atoms with Crippen LogP contribution < -0.4 is 0 Å². The second kappa shape index (κ2) is 6.18. The van der Waals surface area contributed by atoms with Crippen molar-refractivity contribution in [1.29, 1.82) is 0 Å². The standard InChI is InChI=1S/C13H15NO3/c15-7-6-13-8-12(14-17-13)10-16-9-11-4-2-1-3-5-11/h1-5,8,15H,6-7,9-10H2. The first-order chi connectivity index (χ1) is 8.38. The van der Waals surface area contributed by atoms with Crippen molar-refractivity contribution >= 4 is 0 Å². The van der Waals surface area contributed by atoms with Crippen LogP contribution in [0.15, 0.2) is 40.9 Å². The number of nitrogens with zero attached hydrogens (tertiary/aromatic N) is 1. The predicted octanol–water partition coefficient (Wildman–Crippen LogP) is 1.93. The van der Waals surface area contributed by atoms with Crippen LogP contribution in [0.3, 0.4) is 0 Å². The Morgan fingerprint density at radius 1 is 1.18 bits per heavy atom. The van der Waals surface area contributed by atoms with Gasteiger partial charge in [-0.05, 0) is 5.56 Å². The van der Waals surface area contributed by atoms with Crippen molar-refractivity contribution in [1.82, 2.24) is 5.16 Å². The molecule has 1 heterocycles. The fourth-order valence-corrected chi connectivity index (χ4v) is 1.50. The number of benzene rings is 1. The van der Waals surface area contributed by atoms with E-state index in [1.807, 2.05) is 30.3 Å². The fraction of sp³-hybridized carbons (Fsp3) is 0.308. The Morgan fingerprint density at radius 3 is 2.76 bits per heavy atom. The maximum absolute atomic E-state index is 8.73. The highest BCUT2D eigenvalue weighted by Gasteiger charge is 2.03. The van der Waals surface area contributed by atoms with Crippen molar-refractivity contribution in [2.75, 3.05) is 6.61 Å². The normalized spacial score (nSPS) is 10.6. The average Bonchev–Trinajstić information content (AvgIpc) is 2.79. The summed E-state index contributed by atoms with van der Waals surface area (Å²) < 4.78 is 10.5. The molecule has 0 aliphatic heterocycles. The lowest BCUT2D eigenvalue weighted by atomic mass is 10.2. The van der Waals surface area contributed by atoms with Crippen molar-refractivity contribution in [3.63, 3.8) is 0 Å². The zero-order valence-corrected chi connectivity index (χ0v) is 9.50. The van der Waals surface area contributed by atoms with E-state index in [-0.39, 0.29) is 6.61 Å². The number of hydrogen-bond donors (Lipinski definition) is 1. The molecule has 4 heteroatoms. The molecule has 0 atom stereocenters. The summed E-state index contributed by atoms with van der Waals surface area (Å²) in [6.07, 6.45) is 0.492. The number of ether oxygens (including phenoxy) is 1. The van der Waals surface area contributed by atoms with Gasteiger partial charge in [-0.25, -0.2) is 0 Å². The van der Waals surface area contributed by atoms with Gasteiger partial charge in [0.2, 0.25) is 0 Å². The summed E-state index contributed by atoms with van der Waals surface area (Å²) in [5.74, 6) is 0.686. The van der Waals surface area contributed by atoms with Crippen LogP contribution in [0.4, 0.5) is 0 Å². The zero-order chi connectivity index (χ0) is 11.9. The first-order valence-corrected chi connectivity index (χ1v) is 5.55. The largest absolute Gasteiger partial charge is 0.396 e. The molecule has 0 saturated heterocycles. The third kappa shape index (κ3) is 3.69. The van der Waals surface area contributed by atoms with Gasteiger partial charge in [-0.3, -0.25) is 0 Å². The molecule has 2 aromatic rings. The van der Waals surface area contributed by atoms with Crippen LogP contribution in [0.5, 0.6) is 0 Å². The summed E-state index contributed by atoms with van der Waals surface area (Å²) >= 11 is 0. The lowest BCUT2D eigenvalue weighted by Crippen LogP contribution is -1.94. The van der Waals surface area contributed by atoms with E-state index in [1.165, 1.54) is 0 Å². The fourth-order valence-electron chi connectivity index (χ4n) is 1.50. The lowest BCUT2D eigenvalue weighted by Gasteiger charge is -2.01. The molecule has 4 nitrogen and oxygen atoms in total. The summed E-state index contributed by atoms with van der Waals surface area (Å²) in [6.45, 7) is 1.05. The van der Waals surface area contributed by atoms with E-state index in [0.29, 0.717) is 25.4 Å². The van der Waals surface area contributed by atoms with Crippen LogP contribution in [0.1, 0.15) is 17.0 Å². The maximum atomic E-state index is 8.73. The van der Waals surface area contributed by atoms with E-state index in [0.717, 1.165) is 11.3 Å². The van der Waals surface area contributed by atoms with E-state index in [1.54, 1.807) is 6.07 Å². The van der Waals surface area contributed by atoms with Crippen LogP contribution in [0, 0.1) is 0 Å². The minimum atomic E-state index is 0.0690. The van der Waals surface area contributed by atoms with Crippen LogP contribution in [-0.2, 0) is 24.4 Å². The second-order valence-corrected chi connectivity index (χ2v) is 3.74. The van der Waals surface area contributed by atoms with Crippen molar-refractivity contribution in [3.05, 3.63) is 53.4 Å². The molecule has 0 fully saturated rings. The van der Waals surface area contributed by atoms with Crippen molar-refractivity contribution < 1.29 is 14.4 Å². The van der Waals surface area contributed by atoms with E-state index >= 15 is 0 Å². The molecule has 0 aliphatic carbocycles. The molecular formula is C13H15NO3. The molecule has 1 aromatic carbocycles. The summed E-state index contributed by atoms with van der Waals surface area (Å²) in [5.41, 5.74) is 1.89. The summed E-state index contributed by atoms with van der Waals surface area (Å²) in [4.78, 5) is 0. The molecular weight excluding hydrogens is 218 g/mol. The molecule has 1 aromatic heterocycles. The predicted molar refractivity (Wildman–Crippen MR) is 62.2 cm³/mol. The lowest BCUT2D eigenvalue weighted by molar-refractivity contribution is 0.102. The average molecular weight is 233 g/mol. The first-order valence-electron chi connectivity index (χ1n) is 5.55. The van der Waals surface area contributed by atoms with E-state index in [2.05, 4.69) is 5.16 Å². The van der Waals surface area contributed by atoms with Gasteiger partial charge in [0.05, 0.1) is 19.8 Å². The third-order valence-electron chi connectivity index (χ3n) is 2.33. The zero-order valence-electron chi connectivity index (χ0n) is 9.50. The topological polar surface area (TPSA) is 55.5 Å². The van der Waals surface area contributed by atoms with Gasteiger partial charge in [0.15, 0.2) is 0 Å². The van der Waals surface area contributed by atoms with E-state index < -0.39 is 0 Å². The molecule has 2 rings (SSSR count). The molecule has 0 spiro atoms. The molecule has 90 valence electrons. The highest BCUT2D eigenvalue weighted by molar-refractivity contribution is 5.13.